The largest absolute Gasteiger partial charge is 0.391 e. The van der Waals surface area contributed by atoms with Crippen molar-refractivity contribution in [1.29, 1.82) is 0 Å². The van der Waals surface area contributed by atoms with Crippen LogP contribution in [0, 0.1) is 0 Å². The van der Waals surface area contributed by atoms with E-state index in [0.29, 0.717) is 25.1 Å². The fraction of sp³-hybridized carbons (Fsp3) is 1.00. The van der Waals surface area contributed by atoms with Crippen molar-refractivity contribution >= 4 is 21.6 Å². The summed E-state index contributed by atoms with van der Waals surface area (Å²) in [7, 11) is -3.27. The molecule has 102 valence electrons. The van der Waals surface area contributed by atoms with E-state index in [9.17, 15) is 13.5 Å². The number of aliphatic hydroxyl groups excluding tert-OH is 1. The average Bonchev–Trinajstić information content (AvgIpc) is 2.44. The minimum Gasteiger partial charge on any atom is -0.391 e. The first-order chi connectivity index (χ1) is 8.05. The van der Waals surface area contributed by atoms with E-state index in [0.717, 1.165) is 25.7 Å². The zero-order valence-electron chi connectivity index (χ0n) is 10.1. The molecule has 6 heteroatoms. The summed E-state index contributed by atoms with van der Waals surface area (Å²) in [6.45, 7) is 0. The van der Waals surface area contributed by atoms with Crippen LogP contribution < -0.4 is 4.72 Å². The molecule has 2 unspecified atom stereocenters. The third-order valence-electron chi connectivity index (χ3n) is 3.11. The number of sulfonamides is 1. The highest BCUT2D eigenvalue weighted by atomic mass is 35.5. The Labute approximate surface area is 109 Å². The number of alkyl halides is 1. The molecule has 1 saturated carbocycles. The molecule has 1 aliphatic rings. The van der Waals surface area contributed by atoms with Gasteiger partial charge in [-0.2, -0.15) is 0 Å². The maximum atomic E-state index is 11.8. The Balaban J connectivity index is 2.44. The quantitative estimate of drug-likeness (QED) is 0.442. The van der Waals surface area contributed by atoms with Crippen LogP contribution in [0.1, 0.15) is 44.9 Å². The van der Waals surface area contributed by atoms with Crippen molar-refractivity contribution < 1.29 is 13.5 Å². The van der Waals surface area contributed by atoms with Gasteiger partial charge in [-0.15, -0.1) is 11.6 Å². The fourth-order valence-electron chi connectivity index (χ4n) is 2.10. The minimum atomic E-state index is -3.27. The van der Waals surface area contributed by atoms with Crippen LogP contribution in [0.15, 0.2) is 0 Å². The van der Waals surface area contributed by atoms with Crippen molar-refractivity contribution in [1.82, 2.24) is 4.72 Å². The first-order valence-electron chi connectivity index (χ1n) is 6.29. The second-order valence-corrected chi connectivity index (χ2v) is 6.90. The minimum absolute atomic E-state index is 0.100. The number of aliphatic hydroxyl groups is 1. The lowest BCUT2D eigenvalue weighted by Gasteiger charge is -2.21. The summed E-state index contributed by atoms with van der Waals surface area (Å²) in [4.78, 5) is 0. The highest BCUT2D eigenvalue weighted by Gasteiger charge is 2.25. The average molecular weight is 284 g/mol. The summed E-state index contributed by atoms with van der Waals surface area (Å²) in [6.07, 6.45) is 5.18. The summed E-state index contributed by atoms with van der Waals surface area (Å²) >= 11 is 5.51. The highest BCUT2D eigenvalue weighted by Crippen LogP contribution is 2.18. The number of hydrogen-bond acceptors (Lipinski definition) is 3. The molecule has 0 spiro atoms. The Morgan fingerprint density at radius 3 is 2.59 bits per heavy atom. The maximum Gasteiger partial charge on any atom is 0.211 e. The van der Waals surface area contributed by atoms with Crippen LogP contribution in [0.2, 0.25) is 0 Å². The van der Waals surface area contributed by atoms with Gasteiger partial charge in [-0.25, -0.2) is 13.1 Å². The molecule has 0 bridgehead atoms. The van der Waals surface area contributed by atoms with Gasteiger partial charge in [0.25, 0.3) is 0 Å². The number of unbranched alkanes of at least 4 members (excludes halogenated alkanes) is 1. The molecule has 0 saturated heterocycles. The number of hydrogen-bond donors (Lipinski definition) is 2. The second kappa shape index (κ2) is 7.56. The molecule has 0 amide bonds. The third kappa shape index (κ3) is 6.04. The molecule has 1 aliphatic carbocycles. The normalized spacial score (nSPS) is 26.7. The molecule has 0 aromatic rings. The summed E-state index contributed by atoms with van der Waals surface area (Å²) in [5.41, 5.74) is 0. The molecular formula is C11H22ClNO3S. The van der Waals surface area contributed by atoms with Crippen LogP contribution in [0.25, 0.3) is 0 Å². The molecule has 1 rings (SSSR count). The Hall–Kier alpha value is 0.160. The molecule has 2 atom stereocenters. The Kier molecular flexibility index (Phi) is 6.77. The molecule has 4 nitrogen and oxygen atoms in total. The first-order valence-corrected chi connectivity index (χ1v) is 8.48. The predicted octanol–water partition coefficient (Wildman–Crippen LogP) is 1.62. The second-order valence-electron chi connectivity index (χ2n) is 4.64. The highest BCUT2D eigenvalue weighted by molar-refractivity contribution is 7.89. The molecule has 1 fully saturated rings. The smallest absolute Gasteiger partial charge is 0.211 e. The van der Waals surface area contributed by atoms with Crippen molar-refractivity contribution in [2.75, 3.05) is 11.6 Å². The topological polar surface area (TPSA) is 66.4 Å². The van der Waals surface area contributed by atoms with Gasteiger partial charge in [0.05, 0.1) is 11.9 Å². The molecule has 0 radical (unpaired) electrons. The summed E-state index contributed by atoms with van der Waals surface area (Å²) in [5.74, 6) is 0.588. The third-order valence-corrected chi connectivity index (χ3v) is 4.86. The van der Waals surface area contributed by atoms with Gasteiger partial charge in [-0.3, -0.25) is 0 Å². The lowest BCUT2D eigenvalue weighted by atomic mass is 10.1. The van der Waals surface area contributed by atoms with Crippen LogP contribution in [0.5, 0.6) is 0 Å². The molecule has 0 aromatic carbocycles. The molecule has 17 heavy (non-hydrogen) atoms. The molecule has 0 aliphatic heterocycles. The van der Waals surface area contributed by atoms with Crippen molar-refractivity contribution in [2.24, 2.45) is 0 Å². The summed E-state index contributed by atoms with van der Waals surface area (Å²) < 4.78 is 26.2. The van der Waals surface area contributed by atoms with E-state index in [1.54, 1.807) is 0 Å². The number of halogens is 1. The first kappa shape index (κ1) is 15.2. The van der Waals surface area contributed by atoms with Crippen molar-refractivity contribution in [3.05, 3.63) is 0 Å². The van der Waals surface area contributed by atoms with Gasteiger partial charge in [0.1, 0.15) is 0 Å². The fourth-order valence-corrected chi connectivity index (χ4v) is 3.73. The Bertz CT molecular complexity index is 308. The van der Waals surface area contributed by atoms with Gasteiger partial charge in [0.2, 0.25) is 10.0 Å². The lowest BCUT2D eigenvalue weighted by molar-refractivity contribution is 0.130. The van der Waals surface area contributed by atoms with Gasteiger partial charge >= 0.3 is 0 Å². The van der Waals surface area contributed by atoms with Crippen LogP contribution >= 0.6 is 11.6 Å². The van der Waals surface area contributed by atoms with Crippen LogP contribution in [0.3, 0.4) is 0 Å². The SMILES string of the molecule is O=S(=O)(CCCCCl)NC1CCCCCC1O. The van der Waals surface area contributed by atoms with Crippen LogP contribution in [0.4, 0.5) is 0 Å². The van der Waals surface area contributed by atoms with Crippen molar-refractivity contribution in [3.63, 3.8) is 0 Å². The lowest BCUT2D eigenvalue weighted by Crippen LogP contribution is -2.43. The molecule has 2 N–H and O–H groups in total. The van der Waals surface area contributed by atoms with Gasteiger partial charge in [-0.05, 0) is 25.7 Å². The van der Waals surface area contributed by atoms with E-state index in [-0.39, 0.29) is 11.8 Å². The molecular weight excluding hydrogens is 262 g/mol. The monoisotopic (exact) mass is 283 g/mol. The van der Waals surface area contributed by atoms with Gasteiger partial charge in [0.15, 0.2) is 0 Å². The van der Waals surface area contributed by atoms with E-state index in [4.69, 9.17) is 11.6 Å². The molecule has 0 aromatic heterocycles. The number of rotatable bonds is 6. The van der Waals surface area contributed by atoms with E-state index >= 15 is 0 Å². The van der Waals surface area contributed by atoms with Gasteiger partial charge in [0, 0.05) is 11.9 Å². The van der Waals surface area contributed by atoms with Crippen LogP contribution in [-0.4, -0.2) is 37.3 Å². The number of nitrogens with one attached hydrogen (secondary N) is 1. The van der Waals surface area contributed by atoms with Gasteiger partial charge < -0.3 is 5.11 Å². The van der Waals surface area contributed by atoms with Crippen molar-refractivity contribution in [3.8, 4) is 0 Å². The zero-order valence-corrected chi connectivity index (χ0v) is 11.6. The molecule has 0 heterocycles. The van der Waals surface area contributed by atoms with Gasteiger partial charge in [-0.1, -0.05) is 19.3 Å². The Morgan fingerprint density at radius 2 is 1.88 bits per heavy atom. The van der Waals surface area contributed by atoms with Crippen LogP contribution in [-0.2, 0) is 10.0 Å². The van der Waals surface area contributed by atoms with Crippen molar-refractivity contribution in [2.45, 2.75) is 57.1 Å². The Morgan fingerprint density at radius 1 is 1.18 bits per heavy atom. The van der Waals surface area contributed by atoms with E-state index in [1.165, 1.54) is 0 Å². The summed E-state index contributed by atoms with van der Waals surface area (Å²) in [6, 6.07) is -0.307. The standard InChI is InChI=1S/C11H22ClNO3S/c12-8-4-5-9-17(15,16)13-10-6-2-1-3-7-11(10)14/h10-11,13-14H,1-9H2. The zero-order chi connectivity index (χ0) is 12.7. The van der Waals surface area contributed by atoms with E-state index in [2.05, 4.69) is 4.72 Å². The summed E-state index contributed by atoms with van der Waals surface area (Å²) in [5, 5.41) is 9.84. The van der Waals surface area contributed by atoms with E-state index in [1.807, 2.05) is 0 Å². The predicted molar refractivity (Wildman–Crippen MR) is 69.8 cm³/mol. The van der Waals surface area contributed by atoms with E-state index < -0.39 is 16.1 Å². The maximum absolute atomic E-state index is 11.8.